The van der Waals surface area contributed by atoms with Crippen molar-refractivity contribution in [2.45, 2.75) is 39.2 Å². The number of carbonyl (C=O) groups excluding carboxylic acids is 1. The number of aromatic hydroxyl groups is 3. The Morgan fingerprint density at radius 3 is 2.35 bits per heavy atom. The minimum Gasteiger partial charge on any atom is -0.507 e. The van der Waals surface area contributed by atoms with Crippen LogP contribution < -0.4 is 9.47 Å². The molecule has 0 saturated heterocycles. The highest BCUT2D eigenvalue weighted by Gasteiger charge is 2.46. The molecule has 1 aliphatic heterocycles. The highest BCUT2D eigenvalue weighted by molar-refractivity contribution is 6.26. The van der Waals surface area contributed by atoms with Crippen LogP contribution in [-0.4, -0.2) is 34.3 Å². The summed E-state index contributed by atoms with van der Waals surface area (Å²) >= 11 is 0. The van der Waals surface area contributed by atoms with Gasteiger partial charge in [0.15, 0.2) is 17.3 Å². The number of allylic oxidation sites excluding steroid dienone is 2. The Balaban J connectivity index is 2.34. The molecule has 0 spiro atoms. The van der Waals surface area contributed by atoms with E-state index in [9.17, 15) is 20.1 Å². The molecule has 0 unspecified atom stereocenters. The number of fused-ring (bicyclic) bond motifs is 2. The fraction of sp³-hybridized carbons (Fsp3) is 0.350. The third kappa shape index (κ3) is 1.69. The van der Waals surface area contributed by atoms with Gasteiger partial charge >= 0.3 is 0 Å². The zero-order valence-electron chi connectivity index (χ0n) is 15.2. The molecule has 26 heavy (non-hydrogen) atoms. The smallest absolute Gasteiger partial charge is 0.204 e. The number of carbonyl (C=O) groups is 1. The summed E-state index contributed by atoms with van der Waals surface area (Å²) in [5.41, 5.74) is 1.31. The first-order valence-corrected chi connectivity index (χ1v) is 8.37. The fourth-order valence-electron chi connectivity index (χ4n) is 4.05. The van der Waals surface area contributed by atoms with Crippen molar-refractivity contribution in [2.75, 3.05) is 7.11 Å². The molecule has 0 saturated carbocycles. The number of ketones is 1. The molecule has 0 radical (unpaired) electrons. The molecule has 6 heteroatoms. The van der Waals surface area contributed by atoms with Crippen LogP contribution in [0.3, 0.4) is 0 Å². The Kier molecular flexibility index (Phi) is 3.09. The van der Waals surface area contributed by atoms with Crippen LogP contribution in [0.2, 0.25) is 0 Å². The monoisotopic (exact) mass is 356 g/mol. The van der Waals surface area contributed by atoms with Crippen LogP contribution in [0.4, 0.5) is 0 Å². The van der Waals surface area contributed by atoms with Crippen LogP contribution in [0.5, 0.6) is 28.7 Å². The predicted molar refractivity (Wildman–Crippen MR) is 96.6 cm³/mol. The normalized spacial score (nSPS) is 20.0. The van der Waals surface area contributed by atoms with Crippen molar-refractivity contribution in [2.24, 2.45) is 0 Å². The lowest BCUT2D eigenvalue weighted by atomic mass is 9.76. The molecule has 0 fully saturated rings. The van der Waals surface area contributed by atoms with E-state index in [0.29, 0.717) is 22.4 Å². The number of hydrogen-bond acceptors (Lipinski definition) is 6. The summed E-state index contributed by atoms with van der Waals surface area (Å²) in [7, 11) is 1.28. The third-order valence-corrected chi connectivity index (χ3v) is 5.73. The molecule has 2 aromatic rings. The summed E-state index contributed by atoms with van der Waals surface area (Å²) in [6, 6.07) is 0. The van der Waals surface area contributed by atoms with Gasteiger partial charge in [-0.15, -0.1) is 0 Å². The summed E-state index contributed by atoms with van der Waals surface area (Å²) in [5, 5.41) is 32.6. The second kappa shape index (κ2) is 4.84. The lowest BCUT2D eigenvalue weighted by Crippen LogP contribution is -2.28. The van der Waals surface area contributed by atoms with Gasteiger partial charge in [0.2, 0.25) is 5.75 Å². The first-order chi connectivity index (χ1) is 12.1. The Labute approximate surface area is 150 Å². The van der Waals surface area contributed by atoms with Crippen LogP contribution in [0.15, 0.2) is 6.08 Å². The highest BCUT2D eigenvalue weighted by Crippen LogP contribution is 2.60. The predicted octanol–water partition coefficient (Wildman–Crippen LogP) is 3.62. The van der Waals surface area contributed by atoms with E-state index in [1.54, 1.807) is 6.92 Å². The van der Waals surface area contributed by atoms with E-state index in [2.05, 4.69) is 0 Å². The first kappa shape index (κ1) is 16.6. The fourth-order valence-corrected chi connectivity index (χ4v) is 4.05. The lowest BCUT2D eigenvalue weighted by Gasteiger charge is -2.25. The number of hydrogen-bond donors (Lipinski definition) is 3. The summed E-state index contributed by atoms with van der Waals surface area (Å²) in [5.74, 6) is -1.17. The number of rotatable bonds is 1. The van der Waals surface area contributed by atoms with Crippen molar-refractivity contribution < 1.29 is 29.6 Å². The molecule has 0 bridgehead atoms. The van der Waals surface area contributed by atoms with E-state index in [-0.39, 0.29) is 33.9 Å². The van der Waals surface area contributed by atoms with Crippen LogP contribution in [-0.2, 0) is 5.41 Å². The number of methoxy groups -OCH3 is 1. The molecule has 3 N–H and O–H groups in total. The first-order valence-electron chi connectivity index (χ1n) is 8.37. The lowest BCUT2D eigenvalue weighted by molar-refractivity contribution is 0.104. The molecule has 1 heterocycles. The van der Waals surface area contributed by atoms with Gasteiger partial charge in [-0.05, 0) is 25.5 Å². The van der Waals surface area contributed by atoms with Gasteiger partial charge in [0.1, 0.15) is 17.6 Å². The molecule has 4 rings (SSSR count). The average Bonchev–Trinajstić information content (AvgIpc) is 2.77. The second-order valence-electron chi connectivity index (χ2n) is 7.46. The van der Waals surface area contributed by atoms with E-state index in [4.69, 9.17) is 9.47 Å². The third-order valence-electron chi connectivity index (χ3n) is 5.73. The highest BCUT2D eigenvalue weighted by atomic mass is 16.5. The van der Waals surface area contributed by atoms with Gasteiger partial charge in [-0.1, -0.05) is 13.8 Å². The van der Waals surface area contributed by atoms with Crippen LogP contribution in [0.1, 0.15) is 49.2 Å². The molecular weight excluding hydrogens is 336 g/mol. The number of ether oxygens (including phenoxy) is 2. The molecule has 2 aliphatic rings. The zero-order chi connectivity index (χ0) is 19.1. The summed E-state index contributed by atoms with van der Waals surface area (Å²) in [6.07, 6.45) is 1.20. The summed E-state index contributed by atoms with van der Waals surface area (Å²) in [6.45, 7) is 7.57. The van der Waals surface area contributed by atoms with Gasteiger partial charge in [0.25, 0.3) is 0 Å². The van der Waals surface area contributed by atoms with Gasteiger partial charge in [-0.2, -0.15) is 0 Å². The minimum absolute atomic E-state index is 0.00527. The van der Waals surface area contributed by atoms with Crippen molar-refractivity contribution in [3.63, 3.8) is 0 Å². The van der Waals surface area contributed by atoms with Crippen molar-refractivity contribution in [3.8, 4) is 28.7 Å². The maximum absolute atomic E-state index is 12.6. The summed E-state index contributed by atoms with van der Waals surface area (Å²) < 4.78 is 11.2. The topological polar surface area (TPSA) is 96.2 Å². The van der Waals surface area contributed by atoms with Crippen LogP contribution in [0.25, 0.3) is 16.3 Å². The minimum atomic E-state index is -0.510. The van der Waals surface area contributed by atoms with E-state index in [1.807, 2.05) is 20.8 Å². The average molecular weight is 356 g/mol. The largest absolute Gasteiger partial charge is 0.507 e. The van der Waals surface area contributed by atoms with E-state index >= 15 is 0 Å². The van der Waals surface area contributed by atoms with Gasteiger partial charge < -0.3 is 24.8 Å². The van der Waals surface area contributed by atoms with E-state index < -0.39 is 22.7 Å². The standard InChI is InChI=1S/C20H20O6/c1-7-6-9(21)11-12-10(7)18-14(20(3,4)8(2)26-18)15(22)13(12)17(24)19(25-5)16(11)23/h6,8,22-24H,1-5H3/t8-/m1/s1. The Morgan fingerprint density at radius 2 is 1.73 bits per heavy atom. The van der Waals surface area contributed by atoms with E-state index in [0.717, 1.165) is 0 Å². The SMILES string of the molecule is COc1c(O)c2c3c(c4c(c(O)c3c1O)C(C)(C)[C@@H](C)O4)C(C)=CC2=O. The van der Waals surface area contributed by atoms with Gasteiger partial charge in [-0.3, -0.25) is 4.79 Å². The van der Waals surface area contributed by atoms with Gasteiger partial charge in [0, 0.05) is 21.9 Å². The Hall–Kier alpha value is -2.89. The Bertz CT molecular complexity index is 1040. The Morgan fingerprint density at radius 1 is 1.08 bits per heavy atom. The molecule has 136 valence electrons. The maximum atomic E-state index is 12.6. The molecule has 1 aliphatic carbocycles. The molecule has 6 nitrogen and oxygen atoms in total. The van der Waals surface area contributed by atoms with Crippen molar-refractivity contribution in [1.29, 1.82) is 0 Å². The van der Waals surface area contributed by atoms with E-state index in [1.165, 1.54) is 13.2 Å². The van der Waals surface area contributed by atoms with Crippen LogP contribution >= 0.6 is 0 Å². The van der Waals surface area contributed by atoms with Gasteiger partial charge in [-0.25, -0.2) is 0 Å². The van der Waals surface area contributed by atoms with Crippen molar-refractivity contribution in [1.82, 2.24) is 0 Å². The second-order valence-corrected chi connectivity index (χ2v) is 7.46. The molecule has 1 atom stereocenters. The molecule has 0 aromatic heterocycles. The maximum Gasteiger partial charge on any atom is 0.204 e. The summed E-state index contributed by atoms with van der Waals surface area (Å²) in [4.78, 5) is 12.6. The number of phenols is 3. The molecule has 2 aromatic carbocycles. The quantitative estimate of drug-likeness (QED) is 0.722. The van der Waals surface area contributed by atoms with Gasteiger partial charge in [0.05, 0.1) is 18.1 Å². The van der Waals surface area contributed by atoms with Crippen molar-refractivity contribution >= 4 is 22.1 Å². The van der Waals surface area contributed by atoms with Crippen molar-refractivity contribution in [3.05, 3.63) is 22.8 Å². The molecule has 0 amide bonds. The number of benzene rings is 2. The molecular formula is C20H20O6. The number of phenolic OH excluding ortho intramolecular Hbond substituents is 3. The van der Waals surface area contributed by atoms with Crippen LogP contribution in [0, 0.1) is 0 Å². The zero-order valence-corrected chi connectivity index (χ0v) is 15.2.